The number of fused-ring (bicyclic) bond motifs is 1. The number of rotatable bonds is 4. The van der Waals surface area contributed by atoms with Gasteiger partial charge in [-0.3, -0.25) is 0 Å². The third-order valence-electron chi connectivity index (χ3n) is 4.14. The molecule has 0 radical (unpaired) electrons. The van der Waals surface area contributed by atoms with Crippen molar-refractivity contribution in [3.05, 3.63) is 72.8 Å². The molecule has 0 aliphatic carbocycles. The van der Waals surface area contributed by atoms with Crippen LogP contribution in [0.25, 0.3) is 22.2 Å². The highest BCUT2D eigenvalue weighted by atomic mass is 79.9. The van der Waals surface area contributed by atoms with Gasteiger partial charge in [-0.15, -0.1) is 6.58 Å². The van der Waals surface area contributed by atoms with E-state index >= 15 is 0 Å². The number of alkyl halides is 1. The Bertz CT molecular complexity index is 883. The van der Waals surface area contributed by atoms with Crippen LogP contribution < -0.4 is 0 Å². The normalized spacial score (nSPS) is 12.1. The highest BCUT2D eigenvalue weighted by molar-refractivity contribution is 9.09. The molecule has 4 heteroatoms. The van der Waals surface area contributed by atoms with E-state index < -0.39 is 6.09 Å². The number of ether oxygens (including phenoxy) is 1. The SMILES string of the molecule is C=CC(CBr)c1c(-c2ccccc2)n(C(=O)OC)c2ccccc12. The number of para-hydroxylation sites is 1. The van der Waals surface area contributed by atoms with Crippen molar-refractivity contribution in [2.45, 2.75) is 5.92 Å². The first-order valence-corrected chi connectivity index (χ1v) is 8.80. The summed E-state index contributed by atoms with van der Waals surface area (Å²) in [6.45, 7) is 3.97. The summed E-state index contributed by atoms with van der Waals surface area (Å²) in [6.07, 6.45) is 1.51. The second kappa shape index (κ2) is 7.05. The number of carbonyl (C=O) groups excluding carboxylic acids is 1. The van der Waals surface area contributed by atoms with Crippen molar-refractivity contribution < 1.29 is 9.53 Å². The zero-order valence-electron chi connectivity index (χ0n) is 13.4. The number of aromatic nitrogens is 1. The zero-order chi connectivity index (χ0) is 17.1. The summed E-state index contributed by atoms with van der Waals surface area (Å²) in [6, 6.07) is 17.8. The number of benzene rings is 2. The smallest absolute Gasteiger partial charge is 0.418 e. The van der Waals surface area contributed by atoms with Gasteiger partial charge in [0.25, 0.3) is 0 Å². The molecule has 1 heterocycles. The van der Waals surface area contributed by atoms with Crippen molar-refractivity contribution in [1.29, 1.82) is 0 Å². The Morgan fingerprint density at radius 1 is 1.21 bits per heavy atom. The Kier molecular flexibility index (Phi) is 4.86. The summed E-state index contributed by atoms with van der Waals surface area (Å²) in [7, 11) is 1.40. The van der Waals surface area contributed by atoms with Crippen LogP contribution in [0.2, 0.25) is 0 Å². The largest absolute Gasteiger partial charge is 0.452 e. The van der Waals surface area contributed by atoms with Gasteiger partial charge in [-0.1, -0.05) is 70.5 Å². The van der Waals surface area contributed by atoms with E-state index in [2.05, 4.69) is 22.5 Å². The van der Waals surface area contributed by atoms with E-state index in [1.165, 1.54) is 7.11 Å². The van der Waals surface area contributed by atoms with Crippen LogP contribution in [-0.4, -0.2) is 23.1 Å². The lowest BCUT2D eigenvalue weighted by Gasteiger charge is -2.14. The van der Waals surface area contributed by atoms with Crippen LogP contribution in [0.3, 0.4) is 0 Å². The first kappa shape index (κ1) is 16.5. The Labute approximate surface area is 149 Å². The quantitative estimate of drug-likeness (QED) is 0.434. The fraction of sp³-hybridized carbons (Fsp3) is 0.150. The summed E-state index contributed by atoms with van der Waals surface area (Å²) in [4.78, 5) is 12.5. The Morgan fingerprint density at radius 3 is 2.50 bits per heavy atom. The first-order valence-electron chi connectivity index (χ1n) is 7.68. The minimum absolute atomic E-state index is 0.0796. The van der Waals surface area contributed by atoms with Crippen molar-refractivity contribution in [3.63, 3.8) is 0 Å². The number of nitrogens with zero attached hydrogens (tertiary/aromatic N) is 1. The van der Waals surface area contributed by atoms with E-state index in [1.54, 1.807) is 4.57 Å². The number of hydrogen-bond acceptors (Lipinski definition) is 2. The van der Waals surface area contributed by atoms with Gasteiger partial charge in [0, 0.05) is 16.6 Å². The number of halogens is 1. The third kappa shape index (κ3) is 2.67. The van der Waals surface area contributed by atoms with Gasteiger partial charge in [-0.05, 0) is 17.2 Å². The molecular formula is C20H18BrNO2. The molecule has 3 rings (SSSR count). The average molecular weight is 384 g/mol. The molecule has 0 amide bonds. The molecule has 0 bridgehead atoms. The maximum Gasteiger partial charge on any atom is 0.418 e. The van der Waals surface area contributed by atoms with Gasteiger partial charge >= 0.3 is 6.09 Å². The van der Waals surface area contributed by atoms with E-state index in [9.17, 15) is 4.79 Å². The molecule has 3 aromatic rings. The molecule has 2 aromatic carbocycles. The molecule has 0 fully saturated rings. The second-order valence-electron chi connectivity index (χ2n) is 5.45. The van der Waals surface area contributed by atoms with Gasteiger partial charge in [-0.25, -0.2) is 9.36 Å². The van der Waals surface area contributed by atoms with Gasteiger partial charge in [0.05, 0.1) is 18.3 Å². The number of hydrogen-bond donors (Lipinski definition) is 0. The van der Waals surface area contributed by atoms with Gasteiger partial charge in [0.2, 0.25) is 0 Å². The van der Waals surface area contributed by atoms with Gasteiger partial charge < -0.3 is 4.74 Å². The van der Waals surface area contributed by atoms with E-state index in [0.717, 1.165) is 33.1 Å². The monoisotopic (exact) mass is 383 g/mol. The molecule has 0 aliphatic rings. The first-order chi connectivity index (χ1) is 11.7. The van der Waals surface area contributed by atoms with Crippen LogP contribution in [-0.2, 0) is 4.74 Å². The summed E-state index contributed by atoms with van der Waals surface area (Å²) >= 11 is 3.57. The lowest BCUT2D eigenvalue weighted by atomic mass is 9.95. The van der Waals surface area contributed by atoms with E-state index in [1.807, 2.05) is 60.7 Å². The zero-order valence-corrected chi connectivity index (χ0v) is 15.0. The molecular weight excluding hydrogens is 366 g/mol. The minimum Gasteiger partial charge on any atom is -0.452 e. The van der Waals surface area contributed by atoms with Crippen molar-refractivity contribution in [2.75, 3.05) is 12.4 Å². The standard InChI is InChI=1S/C20H18BrNO2/c1-3-14(13-21)18-16-11-7-8-12-17(16)22(20(23)24-2)19(18)15-9-5-4-6-10-15/h3-12,14H,1,13H2,2H3. The lowest BCUT2D eigenvalue weighted by Crippen LogP contribution is -2.13. The molecule has 1 unspecified atom stereocenters. The summed E-state index contributed by atoms with van der Waals surface area (Å²) < 4.78 is 6.71. The average Bonchev–Trinajstić information content (AvgIpc) is 2.98. The summed E-state index contributed by atoms with van der Waals surface area (Å²) in [5.74, 6) is 0.0796. The highest BCUT2D eigenvalue weighted by Crippen LogP contribution is 2.39. The molecule has 0 N–H and O–H groups in total. The van der Waals surface area contributed by atoms with Crippen LogP contribution in [0.5, 0.6) is 0 Å². The Morgan fingerprint density at radius 2 is 1.88 bits per heavy atom. The van der Waals surface area contributed by atoms with Gasteiger partial charge in [-0.2, -0.15) is 0 Å². The Hall–Kier alpha value is -2.33. The molecule has 1 atom stereocenters. The number of carbonyl (C=O) groups is 1. The molecule has 1 aromatic heterocycles. The third-order valence-corrected chi connectivity index (χ3v) is 4.84. The van der Waals surface area contributed by atoms with E-state index in [4.69, 9.17) is 4.74 Å². The van der Waals surface area contributed by atoms with E-state index in [-0.39, 0.29) is 5.92 Å². The predicted octanol–water partition coefficient (Wildman–Crippen LogP) is 5.59. The molecule has 0 saturated carbocycles. The van der Waals surface area contributed by atoms with Crippen molar-refractivity contribution in [1.82, 2.24) is 4.57 Å². The topological polar surface area (TPSA) is 31.2 Å². The Balaban J connectivity index is 2.47. The van der Waals surface area contributed by atoms with Gasteiger partial charge in [0.1, 0.15) is 0 Å². The maximum absolute atomic E-state index is 12.5. The molecule has 24 heavy (non-hydrogen) atoms. The molecule has 122 valence electrons. The predicted molar refractivity (Wildman–Crippen MR) is 102 cm³/mol. The summed E-state index contributed by atoms with van der Waals surface area (Å²) in [5.41, 5.74) is 3.75. The lowest BCUT2D eigenvalue weighted by molar-refractivity contribution is 0.174. The van der Waals surface area contributed by atoms with Crippen LogP contribution in [0.4, 0.5) is 4.79 Å². The van der Waals surface area contributed by atoms with Crippen molar-refractivity contribution in [2.24, 2.45) is 0 Å². The number of allylic oxidation sites excluding steroid dienone is 1. The van der Waals surface area contributed by atoms with Gasteiger partial charge in [0.15, 0.2) is 0 Å². The van der Waals surface area contributed by atoms with Crippen LogP contribution in [0.1, 0.15) is 11.5 Å². The van der Waals surface area contributed by atoms with Crippen molar-refractivity contribution >= 4 is 32.9 Å². The van der Waals surface area contributed by atoms with Crippen molar-refractivity contribution in [3.8, 4) is 11.3 Å². The van der Waals surface area contributed by atoms with Crippen LogP contribution >= 0.6 is 15.9 Å². The second-order valence-corrected chi connectivity index (χ2v) is 6.09. The van der Waals surface area contributed by atoms with Crippen LogP contribution in [0.15, 0.2) is 67.3 Å². The van der Waals surface area contributed by atoms with Crippen LogP contribution in [0, 0.1) is 0 Å². The molecule has 3 nitrogen and oxygen atoms in total. The number of methoxy groups -OCH3 is 1. The highest BCUT2D eigenvalue weighted by Gasteiger charge is 2.26. The minimum atomic E-state index is -0.395. The fourth-order valence-corrected chi connectivity index (χ4v) is 3.65. The molecule has 0 aliphatic heterocycles. The maximum atomic E-state index is 12.5. The van der Waals surface area contributed by atoms with E-state index in [0.29, 0.717) is 0 Å². The molecule has 0 spiro atoms. The molecule has 0 saturated heterocycles. The summed E-state index contributed by atoms with van der Waals surface area (Å²) in [5, 5.41) is 1.76. The fourth-order valence-electron chi connectivity index (χ4n) is 3.06.